The third-order valence-electron chi connectivity index (χ3n) is 5.38. The summed E-state index contributed by atoms with van der Waals surface area (Å²) in [6, 6.07) is 11.4. The molecular formula is C18H31N3. The molecule has 0 aliphatic carbocycles. The van der Waals surface area contributed by atoms with Gasteiger partial charge < -0.3 is 10.6 Å². The van der Waals surface area contributed by atoms with Gasteiger partial charge in [0.2, 0.25) is 0 Å². The molecule has 0 amide bonds. The number of hydrogen-bond donors (Lipinski definition) is 1. The van der Waals surface area contributed by atoms with E-state index in [1.807, 2.05) is 0 Å². The molecule has 0 radical (unpaired) electrons. The van der Waals surface area contributed by atoms with Crippen LogP contribution >= 0.6 is 0 Å². The van der Waals surface area contributed by atoms with E-state index >= 15 is 0 Å². The van der Waals surface area contributed by atoms with E-state index in [1.54, 1.807) is 0 Å². The monoisotopic (exact) mass is 289 g/mol. The van der Waals surface area contributed by atoms with E-state index in [-0.39, 0.29) is 5.54 Å². The molecule has 2 rings (SSSR count). The van der Waals surface area contributed by atoms with Gasteiger partial charge in [-0.25, -0.2) is 0 Å². The first kappa shape index (κ1) is 16.5. The summed E-state index contributed by atoms with van der Waals surface area (Å²) in [6.07, 6.45) is 4.77. The maximum atomic E-state index is 6.22. The second-order valence-corrected chi connectivity index (χ2v) is 6.60. The number of nitrogens with two attached hydrogens (primary N) is 1. The lowest BCUT2D eigenvalue weighted by molar-refractivity contribution is 0.0911. The SMILES string of the molecule is CCC(CN)(Cc1ccccc1)N(C)CC1CCCN1C. The molecule has 0 aromatic heterocycles. The van der Waals surface area contributed by atoms with Crippen molar-refractivity contribution in [3.8, 4) is 0 Å². The molecule has 3 heteroatoms. The van der Waals surface area contributed by atoms with E-state index in [1.165, 1.54) is 24.9 Å². The summed E-state index contributed by atoms with van der Waals surface area (Å²) >= 11 is 0. The van der Waals surface area contributed by atoms with Gasteiger partial charge in [-0.3, -0.25) is 4.90 Å². The molecule has 1 aliphatic rings. The average molecular weight is 289 g/mol. The standard InChI is InChI=1S/C18H31N3/c1-4-18(15-19,13-16-9-6-5-7-10-16)21(3)14-17-11-8-12-20(17)2/h5-7,9-10,17H,4,8,11-15,19H2,1-3H3. The van der Waals surface area contributed by atoms with Crippen LogP contribution in [-0.4, -0.2) is 55.1 Å². The minimum Gasteiger partial charge on any atom is -0.329 e. The summed E-state index contributed by atoms with van der Waals surface area (Å²) in [6.45, 7) is 5.34. The van der Waals surface area contributed by atoms with Crippen molar-refractivity contribution >= 4 is 0 Å². The van der Waals surface area contributed by atoms with Crippen molar-refractivity contribution in [2.75, 3.05) is 33.7 Å². The van der Waals surface area contributed by atoms with E-state index in [2.05, 4.69) is 61.2 Å². The number of benzene rings is 1. The fraction of sp³-hybridized carbons (Fsp3) is 0.667. The van der Waals surface area contributed by atoms with Crippen molar-refractivity contribution in [3.63, 3.8) is 0 Å². The van der Waals surface area contributed by atoms with Gasteiger partial charge in [0.05, 0.1) is 0 Å². The molecule has 21 heavy (non-hydrogen) atoms. The fourth-order valence-electron chi connectivity index (χ4n) is 3.60. The minimum atomic E-state index is 0.0742. The first-order chi connectivity index (χ1) is 10.1. The number of nitrogens with zero attached hydrogens (tertiary/aromatic N) is 2. The molecule has 0 saturated carbocycles. The largest absolute Gasteiger partial charge is 0.329 e. The van der Waals surface area contributed by atoms with Gasteiger partial charge >= 0.3 is 0 Å². The van der Waals surface area contributed by atoms with Crippen LogP contribution in [0.25, 0.3) is 0 Å². The highest BCUT2D eigenvalue weighted by molar-refractivity contribution is 5.18. The Hall–Kier alpha value is -0.900. The summed E-state index contributed by atoms with van der Waals surface area (Å²) < 4.78 is 0. The van der Waals surface area contributed by atoms with Crippen molar-refractivity contribution in [1.82, 2.24) is 9.80 Å². The van der Waals surface area contributed by atoms with E-state index in [4.69, 9.17) is 5.73 Å². The van der Waals surface area contributed by atoms with Crippen LogP contribution in [0.15, 0.2) is 30.3 Å². The number of rotatable bonds is 7. The van der Waals surface area contributed by atoms with Crippen molar-refractivity contribution in [3.05, 3.63) is 35.9 Å². The van der Waals surface area contributed by atoms with Crippen LogP contribution in [0.3, 0.4) is 0 Å². The molecule has 1 saturated heterocycles. The van der Waals surface area contributed by atoms with Gasteiger partial charge in [-0.2, -0.15) is 0 Å². The topological polar surface area (TPSA) is 32.5 Å². The molecule has 1 heterocycles. The van der Waals surface area contributed by atoms with E-state index in [0.29, 0.717) is 12.6 Å². The normalized spacial score (nSPS) is 22.6. The Labute approximate surface area is 130 Å². The maximum absolute atomic E-state index is 6.22. The van der Waals surface area contributed by atoms with Crippen molar-refractivity contribution < 1.29 is 0 Å². The molecule has 1 aromatic carbocycles. The van der Waals surface area contributed by atoms with Gasteiger partial charge in [-0.05, 0) is 51.9 Å². The highest BCUT2D eigenvalue weighted by Gasteiger charge is 2.34. The van der Waals surface area contributed by atoms with Crippen molar-refractivity contribution in [1.29, 1.82) is 0 Å². The summed E-state index contributed by atoms with van der Waals surface area (Å²) in [7, 11) is 4.50. The van der Waals surface area contributed by atoms with Gasteiger partial charge in [-0.15, -0.1) is 0 Å². The first-order valence-electron chi connectivity index (χ1n) is 8.27. The highest BCUT2D eigenvalue weighted by Crippen LogP contribution is 2.25. The Kier molecular flexibility index (Phi) is 5.80. The number of hydrogen-bond acceptors (Lipinski definition) is 3. The Morgan fingerprint density at radius 3 is 2.57 bits per heavy atom. The predicted octanol–water partition coefficient (Wildman–Crippen LogP) is 2.36. The molecule has 1 fully saturated rings. The van der Waals surface area contributed by atoms with Crippen LogP contribution in [0.2, 0.25) is 0 Å². The summed E-state index contributed by atoms with van der Waals surface area (Å²) in [5, 5.41) is 0. The molecule has 2 unspecified atom stereocenters. The molecule has 2 atom stereocenters. The van der Waals surface area contributed by atoms with Crippen molar-refractivity contribution in [2.45, 2.75) is 44.2 Å². The Morgan fingerprint density at radius 2 is 2.05 bits per heavy atom. The van der Waals surface area contributed by atoms with E-state index in [9.17, 15) is 0 Å². The fourth-order valence-corrected chi connectivity index (χ4v) is 3.60. The molecule has 0 spiro atoms. The average Bonchev–Trinajstić information content (AvgIpc) is 2.91. The minimum absolute atomic E-state index is 0.0742. The highest BCUT2D eigenvalue weighted by atomic mass is 15.2. The smallest absolute Gasteiger partial charge is 0.0366 e. The summed E-state index contributed by atoms with van der Waals surface area (Å²) in [4.78, 5) is 5.02. The maximum Gasteiger partial charge on any atom is 0.0366 e. The van der Waals surface area contributed by atoms with Crippen LogP contribution in [0.5, 0.6) is 0 Å². The van der Waals surface area contributed by atoms with Gasteiger partial charge in [0.15, 0.2) is 0 Å². The first-order valence-corrected chi connectivity index (χ1v) is 8.27. The summed E-state index contributed by atoms with van der Waals surface area (Å²) in [5.41, 5.74) is 7.68. The van der Waals surface area contributed by atoms with E-state index in [0.717, 1.165) is 19.4 Å². The zero-order chi connectivity index (χ0) is 15.3. The van der Waals surface area contributed by atoms with Gasteiger partial charge in [0.25, 0.3) is 0 Å². The molecule has 1 aliphatic heterocycles. The molecule has 2 N–H and O–H groups in total. The van der Waals surface area contributed by atoms with Crippen LogP contribution in [0.1, 0.15) is 31.7 Å². The van der Waals surface area contributed by atoms with Gasteiger partial charge in [0, 0.05) is 24.7 Å². The third kappa shape index (κ3) is 3.85. The molecular weight excluding hydrogens is 258 g/mol. The zero-order valence-corrected chi connectivity index (χ0v) is 13.9. The number of likely N-dealkylation sites (tertiary alicyclic amines) is 1. The van der Waals surface area contributed by atoms with Crippen LogP contribution < -0.4 is 5.73 Å². The van der Waals surface area contributed by atoms with Crippen LogP contribution in [0, 0.1) is 0 Å². The molecule has 118 valence electrons. The lowest BCUT2D eigenvalue weighted by Crippen LogP contribution is -2.56. The lowest BCUT2D eigenvalue weighted by Gasteiger charge is -2.43. The predicted molar refractivity (Wildman–Crippen MR) is 90.5 cm³/mol. The summed E-state index contributed by atoms with van der Waals surface area (Å²) in [5.74, 6) is 0. The Bertz CT molecular complexity index is 414. The van der Waals surface area contributed by atoms with Crippen LogP contribution in [-0.2, 0) is 6.42 Å². The third-order valence-corrected chi connectivity index (χ3v) is 5.38. The second kappa shape index (κ2) is 7.39. The zero-order valence-electron chi connectivity index (χ0n) is 13.9. The lowest BCUT2D eigenvalue weighted by atomic mass is 9.86. The quantitative estimate of drug-likeness (QED) is 0.836. The molecule has 0 bridgehead atoms. The molecule has 3 nitrogen and oxygen atoms in total. The van der Waals surface area contributed by atoms with Crippen molar-refractivity contribution in [2.24, 2.45) is 5.73 Å². The molecule has 1 aromatic rings. The van der Waals surface area contributed by atoms with Gasteiger partial charge in [-0.1, -0.05) is 37.3 Å². The Balaban J connectivity index is 2.08. The second-order valence-electron chi connectivity index (χ2n) is 6.60. The van der Waals surface area contributed by atoms with E-state index < -0.39 is 0 Å². The number of likely N-dealkylation sites (N-methyl/N-ethyl adjacent to an activating group) is 2. The Morgan fingerprint density at radius 1 is 1.33 bits per heavy atom. The van der Waals surface area contributed by atoms with Gasteiger partial charge in [0.1, 0.15) is 0 Å². The van der Waals surface area contributed by atoms with Crippen LogP contribution in [0.4, 0.5) is 0 Å².